The van der Waals surface area contributed by atoms with E-state index in [0.717, 1.165) is 35.2 Å². The first-order chi connectivity index (χ1) is 16.0. The van der Waals surface area contributed by atoms with Gasteiger partial charge in [0, 0.05) is 17.5 Å². The van der Waals surface area contributed by atoms with Crippen molar-refractivity contribution < 1.29 is 23.7 Å². The highest BCUT2D eigenvalue weighted by Gasteiger charge is 2.29. The fourth-order valence-corrected chi connectivity index (χ4v) is 5.01. The maximum Gasteiger partial charge on any atom is 0.339 e. The molecule has 0 radical (unpaired) electrons. The lowest BCUT2D eigenvalue weighted by molar-refractivity contribution is 0.323. The molecule has 0 spiro atoms. The highest BCUT2D eigenvalue weighted by molar-refractivity contribution is 6.09. The molecule has 2 aliphatic rings. The number of phenolic OH excluding ortho intramolecular Hbond substituents is 1. The number of benzene rings is 2. The van der Waals surface area contributed by atoms with Crippen LogP contribution in [0.25, 0.3) is 11.0 Å². The van der Waals surface area contributed by atoms with Gasteiger partial charge in [0.15, 0.2) is 11.5 Å². The molecule has 0 fully saturated rings. The predicted octanol–water partition coefficient (Wildman–Crippen LogP) is 3.76. The number of ether oxygens (including phenoxy) is 3. The zero-order valence-electron chi connectivity index (χ0n) is 19.1. The number of fused-ring (bicyclic) bond motifs is 3. The summed E-state index contributed by atoms with van der Waals surface area (Å²) in [5.41, 5.74) is 8.01. The van der Waals surface area contributed by atoms with Crippen LogP contribution in [0.2, 0.25) is 0 Å². The molecule has 1 unspecified atom stereocenters. The Labute approximate surface area is 190 Å². The van der Waals surface area contributed by atoms with Crippen LogP contribution >= 0.6 is 0 Å². The van der Waals surface area contributed by atoms with Crippen molar-refractivity contribution in [3.63, 3.8) is 0 Å². The van der Waals surface area contributed by atoms with Crippen LogP contribution in [0.5, 0.6) is 23.0 Å². The maximum absolute atomic E-state index is 12.3. The normalized spacial score (nSPS) is 17.0. The van der Waals surface area contributed by atoms with Gasteiger partial charge >= 0.3 is 5.63 Å². The zero-order chi connectivity index (χ0) is 23.3. The quantitative estimate of drug-likeness (QED) is 0.571. The van der Waals surface area contributed by atoms with Crippen molar-refractivity contribution in [3.8, 4) is 23.0 Å². The van der Waals surface area contributed by atoms with Crippen molar-refractivity contribution in [2.45, 2.75) is 38.6 Å². The van der Waals surface area contributed by atoms with Crippen LogP contribution in [0.15, 0.2) is 32.5 Å². The standard InChI is InChI=1S/C25H26N2O6/c1-12-8-18-22(14-6-5-7-15(14)25(29)33-18)23(28)21(12)17-11-16(26-27-17)13-9-19(30-2)24(32-4)20(10-13)31-3/h8-10,16,26,28H,5-7,11H2,1-4H3. The second-order valence-electron chi connectivity index (χ2n) is 8.39. The Kier molecular flexibility index (Phi) is 5.15. The highest BCUT2D eigenvalue weighted by Crippen LogP contribution is 2.43. The summed E-state index contributed by atoms with van der Waals surface area (Å²) in [4.78, 5) is 12.3. The number of nitrogens with one attached hydrogen (secondary N) is 1. The summed E-state index contributed by atoms with van der Waals surface area (Å²) in [5, 5.41) is 16.5. The lowest BCUT2D eigenvalue weighted by atomic mass is 9.92. The third-order valence-electron chi connectivity index (χ3n) is 6.56. The van der Waals surface area contributed by atoms with Crippen LogP contribution in [0.4, 0.5) is 0 Å². The predicted molar refractivity (Wildman–Crippen MR) is 124 cm³/mol. The number of hydrogen-bond acceptors (Lipinski definition) is 8. The van der Waals surface area contributed by atoms with Crippen molar-refractivity contribution in [3.05, 3.63) is 56.4 Å². The first-order valence-corrected chi connectivity index (χ1v) is 10.9. The van der Waals surface area contributed by atoms with Crippen LogP contribution < -0.4 is 25.3 Å². The Bertz CT molecular complexity index is 1330. The van der Waals surface area contributed by atoms with Gasteiger partial charge in [-0.15, -0.1) is 0 Å². The summed E-state index contributed by atoms with van der Waals surface area (Å²) >= 11 is 0. The molecule has 0 bridgehead atoms. The molecule has 0 amide bonds. The Balaban J connectivity index is 1.55. The SMILES string of the molecule is COc1cc(C2CC(c3c(C)cc4oc(=O)c5c(c4c3O)CCC5)=NN2)cc(OC)c1OC. The smallest absolute Gasteiger partial charge is 0.339 e. The van der Waals surface area contributed by atoms with Crippen LogP contribution in [0.1, 0.15) is 46.7 Å². The van der Waals surface area contributed by atoms with E-state index in [1.165, 1.54) is 0 Å². The van der Waals surface area contributed by atoms with Crippen molar-refractivity contribution in [2.75, 3.05) is 21.3 Å². The number of aryl methyl sites for hydroxylation is 2. The molecule has 1 aliphatic carbocycles. The van der Waals surface area contributed by atoms with E-state index in [2.05, 4.69) is 10.5 Å². The van der Waals surface area contributed by atoms with Crippen molar-refractivity contribution in [1.29, 1.82) is 0 Å². The van der Waals surface area contributed by atoms with Gasteiger partial charge in [-0.1, -0.05) is 0 Å². The Morgan fingerprint density at radius 3 is 2.42 bits per heavy atom. The van der Waals surface area contributed by atoms with Crippen LogP contribution in [-0.2, 0) is 12.8 Å². The molecular weight excluding hydrogens is 424 g/mol. The lowest BCUT2D eigenvalue weighted by Gasteiger charge is -2.17. The molecule has 5 rings (SSSR count). The fraction of sp³-hybridized carbons (Fsp3) is 0.360. The van der Waals surface area contributed by atoms with Crippen molar-refractivity contribution in [2.24, 2.45) is 5.10 Å². The number of methoxy groups -OCH3 is 3. The number of rotatable bonds is 5. The van der Waals surface area contributed by atoms with Crippen LogP contribution in [-0.4, -0.2) is 32.1 Å². The summed E-state index contributed by atoms with van der Waals surface area (Å²) in [5.74, 6) is 1.79. The summed E-state index contributed by atoms with van der Waals surface area (Å²) < 4.78 is 21.9. The van der Waals surface area contributed by atoms with Gasteiger partial charge in [0.05, 0.1) is 38.5 Å². The van der Waals surface area contributed by atoms with Gasteiger partial charge in [0.25, 0.3) is 0 Å². The van der Waals surface area contributed by atoms with Gasteiger partial charge in [-0.3, -0.25) is 0 Å². The van der Waals surface area contributed by atoms with Crippen molar-refractivity contribution >= 4 is 16.7 Å². The minimum atomic E-state index is -0.302. The van der Waals surface area contributed by atoms with E-state index in [1.54, 1.807) is 21.3 Å². The van der Waals surface area contributed by atoms with E-state index in [0.29, 0.717) is 52.2 Å². The van der Waals surface area contributed by atoms with E-state index >= 15 is 0 Å². The lowest BCUT2D eigenvalue weighted by Crippen LogP contribution is -2.11. The zero-order valence-corrected chi connectivity index (χ0v) is 19.1. The molecule has 2 aromatic carbocycles. The number of hydrazone groups is 1. The molecule has 8 heteroatoms. The van der Waals surface area contributed by atoms with E-state index < -0.39 is 0 Å². The molecule has 1 aliphatic heterocycles. The second-order valence-corrected chi connectivity index (χ2v) is 8.39. The highest BCUT2D eigenvalue weighted by atomic mass is 16.5. The van der Waals surface area contributed by atoms with E-state index in [-0.39, 0.29) is 17.4 Å². The topological polar surface area (TPSA) is 103 Å². The van der Waals surface area contributed by atoms with Crippen molar-refractivity contribution in [1.82, 2.24) is 5.43 Å². The van der Waals surface area contributed by atoms with Crippen LogP contribution in [0.3, 0.4) is 0 Å². The van der Waals surface area contributed by atoms with Gasteiger partial charge in [-0.05, 0) is 61.1 Å². The van der Waals surface area contributed by atoms with Gasteiger partial charge in [-0.2, -0.15) is 5.10 Å². The molecule has 1 aromatic heterocycles. The molecule has 1 atom stereocenters. The molecule has 3 aromatic rings. The average Bonchev–Trinajstić information content (AvgIpc) is 3.48. The summed E-state index contributed by atoms with van der Waals surface area (Å²) in [6.45, 7) is 1.89. The van der Waals surface area contributed by atoms with E-state index in [1.807, 2.05) is 25.1 Å². The molecule has 2 N–H and O–H groups in total. The monoisotopic (exact) mass is 450 g/mol. The molecule has 172 valence electrons. The van der Waals surface area contributed by atoms with Gasteiger partial charge < -0.3 is 29.2 Å². The Morgan fingerprint density at radius 2 is 1.76 bits per heavy atom. The number of nitrogens with zero attached hydrogens (tertiary/aromatic N) is 1. The Hall–Kier alpha value is -3.68. The van der Waals surface area contributed by atoms with Crippen LogP contribution in [0, 0.1) is 6.92 Å². The molecule has 8 nitrogen and oxygen atoms in total. The second kappa shape index (κ2) is 8.03. The number of phenols is 1. The average molecular weight is 450 g/mol. The fourth-order valence-electron chi connectivity index (χ4n) is 5.01. The summed E-state index contributed by atoms with van der Waals surface area (Å²) in [7, 11) is 4.73. The molecule has 2 heterocycles. The van der Waals surface area contributed by atoms with Gasteiger partial charge in [0.2, 0.25) is 5.75 Å². The largest absolute Gasteiger partial charge is 0.506 e. The third-order valence-corrected chi connectivity index (χ3v) is 6.56. The first kappa shape index (κ1) is 21.2. The first-order valence-electron chi connectivity index (χ1n) is 10.9. The Morgan fingerprint density at radius 1 is 1.06 bits per heavy atom. The number of aromatic hydroxyl groups is 1. The van der Waals surface area contributed by atoms with Gasteiger partial charge in [0.1, 0.15) is 11.3 Å². The maximum atomic E-state index is 12.3. The number of hydrogen-bond donors (Lipinski definition) is 2. The summed E-state index contributed by atoms with van der Waals surface area (Å²) in [6.07, 6.45) is 2.87. The molecular formula is C25H26N2O6. The molecule has 0 saturated heterocycles. The molecule has 0 saturated carbocycles. The van der Waals surface area contributed by atoms with E-state index in [9.17, 15) is 9.90 Å². The minimum absolute atomic E-state index is 0.123. The molecule has 33 heavy (non-hydrogen) atoms. The summed E-state index contributed by atoms with van der Waals surface area (Å²) in [6, 6.07) is 5.47. The van der Waals surface area contributed by atoms with E-state index in [4.69, 9.17) is 18.6 Å². The third kappa shape index (κ3) is 3.28. The minimum Gasteiger partial charge on any atom is -0.506 e. The van der Waals surface area contributed by atoms with Gasteiger partial charge in [-0.25, -0.2) is 4.79 Å².